The van der Waals surface area contributed by atoms with Gasteiger partial charge in [-0.25, -0.2) is 13.2 Å². The third kappa shape index (κ3) is 9.67. The number of aliphatic hydroxyl groups excluding tert-OH is 1. The van der Waals surface area contributed by atoms with Gasteiger partial charge in [0.1, 0.15) is 22.9 Å². The number of hydrogen-bond donors (Lipinski definition) is 3. The molecule has 0 bridgehead atoms. The van der Waals surface area contributed by atoms with Crippen LogP contribution in [-0.4, -0.2) is 99.1 Å². The summed E-state index contributed by atoms with van der Waals surface area (Å²) >= 11 is 0. The Kier molecular flexibility index (Phi) is 13.1. The van der Waals surface area contributed by atoms with Gasteiger partial charge in [0.05, 0.1) is 42.4 Å². The van der Waals surface area contributed by atoms with Crippen molar-refractivity contribution in [3.05, 3.63) is 59.5 Å². The number of likely N-dealkylation sites (N-methyl/N-ethyl adjacent to an activating group) is 1. The highest BCUT2D eigenvalue weighted by Crippen LogP contribution is 2.30. The number of ether oxygens (including phenoxy) is 3. The number of fused-ring (bicyclic) bond motifs is 1. The van der Waals surface area contributed by atoms with Crippen LogP contribution < -0.4 is 19.5 Å². The second-order valence-electron chi connectivity index (χ2n) is 12.8. The van der Waals surface area contributed by atoms with Crippen LogP contribution in [-0.2, 0) is 14.8 Å². The number of hydrogen-bond acceptors (Lipinski definition) is 10. The summed E-state index contributed by atoms with van der Waals surface area (Å²) < 4.78 is 52.0. The quantitative estimate of drug-likeness (QED) is 0.272. The van der Waals surface area contributed by atoms with Gasteiger partial charge in [0.25, 0.3) is 15.9 Å². The molecule has 3 N–H and O–H groups in total. The van der Waals surface area contributed by atoms with Gasteiger partial charge < -0.3 is 39.0 Å². The van der Waals surface area contributed by atoms with E-state index in [0.717, 1.165) is 12.8 Å². The molecule has 1 aliphatic heterocycles. The number of carbonyl (C=O) groups excluding carboxylic acids is 2. The first kappa shape index (κ1) is 38.5. The van der Waals surface area contributed by atoms with E-state index in [1.807, 2.05) is 13.8 Å². The molecule has 2 heterocycles. The lowest BCUT2D eigenvalue weighted by Crippen LogP contribution is -2.48. The SMILES string of the molecule is COc1ccc(S(=O)(=O)Nc2ccc3c(c2)C(=O)N([C@@H](C)CO)C[C@@H](C)[C@@H](CN(C)C(=O)Nc2c(C)noc2C)OCCCC[C@@H](C)O3)cc1. The molecule has 0 fully saturated rings. The maximum Gasteiger partial charge on any atom is 0.321 e. The summed E-state index contributed by atoms with van der Waals surface area (Å²) in [5.41, 5.74) is 1.39. The topological polar surface area (TPSA) is 173 Å². The zero-order valence-electron chi connectivity index (χ0n) is 29.8. The number of methoxy groups -OCH3 is 1. The van der Waals surface area contributed by atoms with Gasteiger partial charge in [0.15, 0.2) is 5.76 Å². The van der Waals surface area contributed by atoms with Crippen LogP contribution in [0.5, 0.6) is 11.5 Å². The molecule has 0 saturated carbocycles. The minimum absolute atomic E-state index is 0.0235. The molecule has 0 radical (unpaired) electrons. The number of urea groups is 1. The molecule has 0 aliphatic carbocycles. The Hall–Kier alpha value is -4.34. The molecule has 0 unspecified atom stereocenters. The smallest absolute Gasteiger partial charge is 0.321 e. The molecule has 14 nitrogen and oxygen atoms in total. The average molecular weight is 716 g/mol. The highest BCUT2D eigenvalue weighted by atomic mass is 32.2. The summed E-state index contributed by atoms with van der Waals surface area (Å²) in [4.78, 5) is 30.7. The lowest BCUT2D eigenvalue weighted by molar-refractivity contribution is -0.0115. The van der Waals surface area contributed by atoms with E-state index in [9.17, 15) is 23.1 Å². The van der Waals surface area contributed by atoms with Crippen LogP contribution in [0.3, 0.4) is 0 Å². The van der Waals surface area contributed by atoms with Crippen molar-refractivity contribution in [3.8, 4) is 11.5 Å². The van der Waals surface area contributed by atoms with Gasteiger partial charge in [0.2, 0.25) is 0 Å². The predicted molar refractivity (Wildman–Crippen MR) is 188 cm³/mol. The largest absolute Gasteiger partial charge is 0.497 e. The highest BCUT2D eigenvalue weighted by molar-refractivity contribution is 7.92. The van der Waals surface area contributed by atoms with E-state index < -0.39 is 28.1 Å². The van der Waals surface area contributed by atoms with Crippen molar-refractivity contribution in [3.63, 3.8) is 0 Å². The van der Waals surface area contributed by atoms with Gasteiger partial charge in [-0.3, -0.25) is 9.52 Å². The molecule has 1 aliphatic rings. The van der Waals surface area contributed by atoms with Crippen LogP contribution in [0.15, 0.2) is 51.9 Å². The molecule has 4 atom stereocenters. The van der Waals surface area contributed by atoms with E-state index >= 15 is 0 Å². The molecule has 50 heavy (non-hydrogen) atoms. The van der Waals surface area contributed by atoms with Crippen molar-refractivity contribution in [2.45, 2.75) is 77.0 Å². The van der Waals surface area contributed by atoms with Crippen LogP contribution in [0.1, 0.15) is 61.8 Å². The lowest BCUT2D eigenvalue weighted by atomic mass is 10.0. The van der Waals surface area contributed by atoms with E-state index in [0.29, 0.717) is 41.7 Å². The Bertz CT molecular complexity index is 1690. The molecule has 0 saturated heterocycles. The van der Waals surface area contributed by atoms with Crippen molar-refractivity contribution in [2.75, 3.05) is 50.5 Å². The number of carbonyl (C=O) groups is 2. The number of aryl methyl sites for hydroxylation is 2. The van der Waals surface area contributed by atoms with Gasteiger partial charge >= 0.3 is 6.03 Å². The van der Waals surface area contributed by atoms with Crippen LogP contribution in [0.2, 0.25) is 0 Å². The molecule has 0 spiro atoms. The second kappa shape index (κ2) is 17.1. The van der Waals surface area contributed by atoms with E-state index in [1.165, 1.54) is 35.1 Å². The van der Waals surface area contributed by atoms with Crippen LogP contribution in [0.25, 0.3) is 0 Å². The van der Waals surface area contributed by atoms with Crippen molar-refractivity contribution < 1.29 is 41.8 Å². The number of aromatic nitrogens is 1. The van der Waals surface area contributed by atoms with Crippen molar-refractivity contribution in [1.82, 2.24) is 15.0 Å². The molecule has 2 aromatic carbocycles. The van der Waals surface area contributed by atoms with Crippen LogP contribution in [0, 0.1) is 19.8 Å². The van der Waals surface area contributed by atoms with Gasteiger partial charge in [-0.2, -0.15) is 0 Å². The Morgan fingerprint density at radius 1 is 1.16 bits per heavy atom. The van der Waals surface area contributed by atoms with E-state index in [2.05, 4.69) is 15.2 Å². The summed E-state index contributed by atoms with van der Waals surface area (Å²) in [5.74, 6) is 0.572. The van der Waals surface area contributed by atoms with Crippen LogP contribution >= 0.6 is 0 Å². The van der Waals surface area contributed by atoms with Crippen LogP contribution in [0.4, 0.5) is 16.2 Å². The number of anilines is 2. The Labute approximate surface area is 294 Å². The summed E-state index contributed by atoms with van der Waals surface area (Å²) in [5, 5.41) is 17.0. The normalized spacial score (nSPS) is 19.8. The number of nitrogens with zero attached hydrogens (tertiary/aromatic N) is 3. The average Bonchev–Trinajstić information content (AvgIpc) is 3.41. The third-order valence-electron chi connectivity index (χ3n) is 8.74. The Morgan fingerprint density at radius 3 is 2.52 bits per heavy atom. The molecule has 1 aromatic heterocycles. The number of amides is 3. The first-order valence-electron chi connectivity index (χ1n) is 16.7. The fourth-order valence-electron chi connectivity index (χ4n) is 5.63. The number of nitrogens with one attached hydrogen (secondary N) is 2. The molecule has 3 amide bonds. The molecule has 15 heteroatoms. The van der Waals surface area contributed by atoms with E-state index in [4.69, 9.17) is 18.7 Å². The van der Waals surface area contributed by atoms with E-state index in [-0.39, 0.29) is 53.9 Å². The summed E-state index contributed by atoms with van der Waals surface area (Å²) in [6, 6.07) is 9.58. The maximum atomic E-state index is 14.4. The summed E-state index contributed by atoms with van der Waals surface area (Å²) in [6.45, 7) is 9.54. The molecular weight excluding hydrogens is 666 g/mol. The fourth-order valence-corrected chi connectivity index (χ4v) is 6.68. The number of aliphatic hydroxyl groups is 1. The minimum atomic E-state index is -4.01. The van der Waals surface area contributed by atoms with Gasteiger partial charge in [-0.15, -0.1) is 0 Å². The monoisotopic (exact) mass is 715 g/mol. The van der Waals surface area contributed by atoms with Gasteiger partial charge in [0, 0.05) is 38.3 Å². The fraction of sp³-hybridized carbons (Fsp3) is 0.514. The molecule has 274 valence electrons. The molecule has 3 aromatic rings. The Morgan fingerprint density at radius 2 is 1.88 bits per heavy atom. The zero-order chi connectivity index (χ0) is 36.6. The highest BCUT2D eigenvalue weighted by Gasteiger charge is 2.31. The first-order valence-corrected chi connectivity index (χ1v) is 18.2. The van der Waals surface area contributed by atoms with Crippen molar-refractivity contribution in [1.29, 1.82) is 0 Å². The molecule has 4 rings (SSSR count). The maximum absolute atomic E-state index is 14.4. The lowest BCUT2D eigenvalue weighted by Gasteiger charge is -2.35. The van der Waals surface area contributed by atoms with Gasteiger partial charge in [-0.1, -0.05) is 12.1 Å². The standard InChI is InChI=1S/C35H49N5O9S/c1-22-19-40(23(2)21-41)34(42)30-18-27(38-50(44,45)29-14-12-28(46-7)13-15-29)11-16-31(30)48-24(3)10-8-9-17-47-32(22)20-39(6)35(43)36-33-25(4)37-49-26(33)5/h11-16,18,22-24,32,38,41H,8-10,17,19-21H2,1-7H3,(H,36,43)/t22-,23+,24-,32-/m1/s1. The summed E-state index contributed by atoms with van der Waals surface area (Å²) in [6.07, 6.45) is 1.50. The van der Waals surface area contributed by atoms with Crippen molar-refractivity contribution in [2.24, 2.45) is 5.92 Å². The zero-order valence-corrected chi connectivity index (χ0v) is 30.6. The number of benzene rings is 2. The second-order valence-corrected chi connectivity index (χ2v) is 14.5. The molecular formula is C35H49N5O9S. The van der Waals surface area contributed by atoms with Gasteiger partial charge in [-0.05, 0) is 89.4 Å². The summed E-state index contributed by atoms with van der Waals surface area (Å²) in [7, 11) is -0.849. The van der Waals surface area contributed by atoms with Crippen molar-refractivity contribution >= 4 is 33.3 Å². The predicted octanol–water partition coefficient (Wildman–Crippen LogP) is 5.06. The third-order valence-corrected chi connectivity index (χ3v) is 10.1. The first-order chi connectivity index (χ1) is 23.7. The Balaban J connectivity index is 1.63. The minimum Gasteiger partial charge on any atom is -0.497 e. The number of rotatable bonds is 9. The van der Waals surface area contributed by atoms with E-state index in [1.54, 1.807) is 52.1 Å². The number of sulfonamides is 1.